The molecule has 0 atom stereocenters. The van der Waals surface area contributed by atoms with Gasteiger partial charge in [-0.15, -0.1) is 10.2 Å². The standard InChI is InChI=1S/C19H24N8O2S/c1-15(2)26-13-19(21-14-26)30(28,29)27-11-9-25(10-12-27)18-4-3-17(23-24-18)22-16-5-7-20-8-6-16/h3-8,13-15H,9-12H2,1-2H3,(H,20,22,23). The highest BCUT2D eigenvalue weighted by atomic mass is 32.2. The van der Waals surface area contributed by atoms with Crippen molar-refractivity contribution in [2.75, 3.05) is 36.4 Å². The molecule has 0 bridgehead atoms. The number of rotatable bonds is 6. The van der Waals surface area contributed by atoms with Crippen molar-refractivity contribution >= 4 is 27.3 Å². The molecule has 3 aromatic heterocycles. The van der Waals surface area contributed by atoms with Gasteiger partial charge in [-0.05, 0) is 38.1 Å². The number of hydrogen-bond donors (Lipinski definition) is 1. The Morgan fingerprint density at radius 3 is 2.33 bits per heavy atom. The van der Waals surface area contributed by atoms with E-state index in [9.17, 15) is 8.42 Å². The van der Waals surface area contributed by atoms with Crippen LogP contribution in [0.5, 0.6) is 0 Å². The van der Waals surface area contributed by atoms with Gasteiger partial charge in [0.25, 0.3) is 10.0 Å². The van der Waals surface area contributed by atoms with E-state index in [1.165, 1.54) is 4.31 Å². The first-order valence-corrected chi connectivity index (χ1v) is 11.2. The summed E-state index contributed by atoms with van der Waals surface area (Å²) in [7, 11) is -3.60. The number of nitrogens with zero attached hydrogens (tertiary/aromatic N) is 7. The zero-order valence-corrected chi connectivity index (χ0v) is 17.7. The Morgan fingerprint density at radius 1 is 1.00 bits per heavy atom. The topological polar surface area (TPSA) is 109 Å². The highest BCUT2D eigenvalue weighted by Crippen LogP contribution is 2.21. The van der Waals surface area contributed by atoms with E-state index >= 15 is 0 Å². The molecule has 1 aliphatic rings. The van der Waals surface area contributed by atoms with Crippen LogP contribution >= 0.6 is 0 Å². The Kier molecular flexibility index (Phi) is 5.64. The number of imidazole rings is 1. The molecule has 0 aliphatic carbocycles. The van der Waals surface area contributed by atoms with Crippen LogP contribution in [0, 0.1) is 0 Å². The van der Waals surface area contributed by atoms with E-state index in [-0.39, 0.29) is 11.1 Å². The maximum absolute atomic E-state index is 12.9. The monoisotopic (exact) mass is 428 g/mol. The minimum atomic E-state index is -3.60. The van der Waals surface area contributed by atoms with E-state index in [2.05, 4.69) is 25.5 Å². The molecule has 1 aliphatic heterocycles. The Hall–Kier alpha value is -3.05. The molecule has 4 rings (SSSR count). The predicted octanol–water partition coefficient (Wildman–Crippen LogP) is 1.90. The summed E-state index contributed by atoms with van der Waals surface area (Å²) in [5.74, 6) is 1.35. The summed E-state index contributed by atoms with van der Waals surface area (Å²) in [6.07, 6.45) is 6.55. The van der Waals surface area contributed by atoms with Gasteiger partial charge in [-0.25, -0.2) is 13.4 Å². The quantitative estimate of drug-likeness (QED) is 0.634. The molecular weight excluding hydrogens is 404 g/mol. The fourth-order valence-corrected chi connectivity index (χ4v) is 4.51. The van der Waals surface area contributed by atoms with Crippen LogP contribution in [0.4, 0.5) is 17.3 Å². The molecule has 3 aromatic rings. The normalized spacial score (nSPS) is 15.5. The minimum Gasteiger partial charge on any atom is -0.352 e. The van der Waals surface area contributed by atoms with Gasteiger partial charge in [0.1, 0.15) is 0 Å². The number of piperazine rings is 1. The largest absolute Gasteiger partial charge is 0.352 e. The van der Waals surface area contributed by atoms with Gasteiger partial charge in [-0.3, -0.25) is 4.98 Å². The molecule has 158 valence electrons. The first-order valence-electron chi connectivity index (χ1n) is 9.73. The number of anilines is 3. The van der Waals surface area contributed by atoms with Crippen LogP contribution in [0.3, 0.4) is 0 Å². The van der Waals surface area contributed by atoms with Crippen molar-refractivity contribution in [2.45, 2.75) is 24.9 Å². The van der Waals surface area contributed by atoms with Crippen LogP contribution in [-0.4, -0.2) is 63.6 Å². The molecule has 11 heteroatoms. The van der Waals surface area contributed by atoms with Gasteiger partial charge in [0.2, 0.25) is 0 Å². The first-order chi connectivity index (χ1) is 14.4. The van der Waals surface area contributed by atoms with Crippen molar-refractivity contribution in [1.29, 1.82) is 0 Å². The molecule has 0 spiro atoms. The summed E-state index contributed by atoms with van der Waals surface area (Å²) >= 11 is 0. The van der Waals surface area contributed by atoms with Crippen LogP contribution in [0.15, 0.2) is 54.2 Å². The molecule has 10 nitrogen and oxygen atoms in total. The molecule has 0 saturated carbocycles. The van der Waals surface area contributed by atoms with Crippen molar-refractivity contribution in [2.24, 2.45) is 0 Å². The molecule has 30 heavy (non-hydrogen) atoms. The van der Waals surface area contributed by atoms with E-state index in [1.807, 2.05) is 43.0 Å². The third-order valence-electron chi connectivity index (χ3n) is 4.94. The number of hydrogen-bond acceptors (Lipinski definition) is 8. The van der Waals surface area contributed by atoms with Gasteiger partial charge in [0, 0.05) is 56.5 Å². The van der Waals surface area contributed by atoms with E-state index in [1.54, 1.807) is 29.5 Å². The fraction of sp³-hybridized carbons (Fsp3) is 0.368. The maximum atomic E-state index is 12.9. The van der Waals surface area contributed by atoms with E-state index in [0.29, 0.717) is 32.0 Å². The summed E-state index contributed by atoms with van der Waals surface area (Å²) in [6, 6.07) is 7.59. The van der Waals surface area contributed by atoms with Gasteiger partial charge in [-0.1, -0.05) is 0 Å². The van der Waals surface area contributed by atoms with Crippen LogP contribution in [0.25, 0.3) is 0 Å². The molecule has 4 heterocycles. The second-order valence-electron chi connectivity index (χ2n) is 7.28. The fourth-order valence-electron chi connectivity index (χ4n) is 3.17. The third kappa shape index (κ3) is 4.26. The van der Waals surface area contributed by atoms with Gasteiger partial charge in [0.15, 0.2) is 16.7 Å². The Morgan fingerprint density at radius 2 is 1.73 bits per heavy atom. The molecule has 1 saturated heterocycles. The minimum absolute atomic E-state index is 0.0935. The lowest BCUT2D eigenvalue weighted by Gasteiger charge is -2.34. The van der Waals surface area contributed by atoms with Crippen molar-refractivity contribution in [3.63, 3.8) is 0 Å². The zero-order valence-electron chi connectivity index (χ0n) is 16.9. The number of nitrogens with one attached hydrogen (secondary N) is 1. The van der Waals surface area contributed by atoms with E-state index in [4.69, 9.17) is 0 Å². The van der Waals surface area contributed by atoms with E-state index in [0.717, 1.165) is 11.5 Å². The van der Waals surface area contributed by atoms with Crippen LogP contribution in [-0.2, 0) is 10.0 Å². The van der Waals surface area contributed by atoms with Gasteiger partial charge < -0.3 is 14.8 Å². The molecule has 0 aromatic carbocycles. The SMILES string of the molecule is CC(C)n1cnc(S(=O)(=O)N2CCN(c3ccc(Nc4ccncc4)nn3)CC2)c1. The smallest absolute Gasteiger partial charge is 0.262 e. The average molecular weight is 429 g/mol. The number of aromatic nitrogens is 5. The van der Waals surface area contributed by atoms with Gasteiger partial charge >= 0.3 is 0 Å². The maximum Gasteiger partial charge on any atom is 0.262 e. The van der Waals surface area contributed by atoms with Crippen LogP contribution in [0.2, 0.25) is 0 Å². The van der Waals surface area contributed by atoms with Gasteiger partial charge in [0.05, 0.1) is 6.33 Å². The predicted molar refractivity (Wildman–Crippen MR) is 113 cm³/mol. The van der Waals surface area contributed by atoms with Crippen molar-refractivity contribution in [1.82, 2.24) is 29.0 Å². The van der Waals surface area contributed by atoms with E-state index < -0.39 is 10.0 Å². The summed E-state index contributed by atoms with van der Waals surface area (Å²) < 4.78 is 29.0. The van der Waals surface area contributed by atoms with Crippen LogP contribution < -0.4 is 10.2 Å². The Labute approximate surface area is 175 Å². The summed E-state index contributed by atoms with van der Waals surface area (Å²) in [6.45, 7) is 5.78. The summed E-state index contributed by atoms with van der Waals surface area (Å²) in [5.41, 5.74) is 0.880. The lowest BCUT2D eigenvalue weighted by Crippen LogP contribution is -2.49. The number of sulfonamides is 1. The van der Waals surface area contributed by atoms with Crippen molar-refractivity contribution in [3.8, 4) is 0 Å². The lowest BCUT2D eigenvalue weighted by atomic mass is 10.3. The van der Waals surface area contributed by atoms with Crippen molar-refractivity contribution < 1.29 is 8.42 Å². The summed E-state index contributed by atoms with van der Waals surface area (Å²) in [5, 5.41) is 11.8. The third-order valence-corrected chi connectivity index (χ3v) is 6.73. The number of pyridine rings is 1. The second-order valence-corrected chi connectivity index (χ2v) is 9.17. The van der Waals surface area contributed by atoms with Gasteiger partial charge in [-0.2, -0.15) is 4.31 Å². The van der Waals surface area contributed by atoms with Crippen LogP contribution in [0.1, 0.15) is 19.9 Å². The Balaban J connectivity index is 1.38. The first kappa shape index (κ1) is 20.2. The molecule has 1 fully saturated rings. The second kappa shape index (κ2) is 8.36. The summed E-state index contributed by atoms with van der Waals surface area (Å²) in [4.78, 5) is 10.1. The lowest BCUT2D eigenvalue weighted by molar-refractivity contribution is 0.382. The molecule has 0 unspecified atom stereocenters. The zero-order chi connectivity index (χ0) is 21.1. The highest BCUT2D eigenvalue weighted by molar-refractivity contribution is 7.89. The average Bonchev–Trinajstić information content (AvgIpc) is 3.27. The molecule has 1 N–H and O–H groups in total. The molecule has 0 amide bonds. The highest BCUT2D eigenvalue weighted by Gasteiger charge is 2.30. The molecule has 0 radical (unpaired) electrons. The molecular formula is C19H24N8O2S. The Bertz CT molecular complexity index is 1080. The van der Waals surface area contributed by atoms with Crippen molar-refractivity contribution in [3.05, 3.63) is 49.2 Å².